The first-order chi connectivity index (χ1) is 14.5. The summed E-state index contributed by atoms with van der Waals surface area (Å²) in [4.78, 5) is 23.5. The van der Waals surface area contributed by atoms with Crippen LogP contribution in [0.25, 0.3) is 5.69 Å². The number of hydrogen-bond donors (Lipinski definition) is 2. The molecule has 0 unspecified atom stereocenters. The first-order valence-corrected chi connectivity index (χ1v) is 10.0. The summed E-state index contributed by atoms with van der Waals surface area (Å²) in [6, 6.07) is 11.2. The molecule has 1 aromatic heterocycles. The van der Waals surface area contributed by atoms with E-state index in [1.54, 1.807) is 36.1 Å². The third kappa shape index (κ3) is 4.90. The maximum absolute atomic E-state index is 12.7. The molecule has 0 aliphatic rings. The van der Waals surface area contributed by atoms with Gasteiger partial charge in [0.05, 0.1) is 17.2 Å². The number of ether oxygens (including phenoxy) is 1. The van der Waals surface area contributed by atoms with Crippen LogP contribution in [0.2, 0.25) is 0 Å². The fraction of sp³-hybridized carbons (Fsp3) is 0.222. The predicted molar refractivity (Wildman–Crippen MR) is 112 cm³/mol. The number of anilines is 2. The zero-order chi connectivity index (χ0) is 21.5. The van der Waals surface area contributed by atoms with Crippen molar-refractivity contribution in [3.8, 4) is 5.69 Å². The van der Waals surface area contributed by atoms with Gasteiger partial charge in [0.1, 0.15) is 5.69 Å². The molecule has 0 spiro atoms. The molecule has 11 nitrogen and oxygen atoms in total. The van der Waals surface area contributed by atoms with Gasteiger partial charge in [0.2, 0.25) is 5.16 Å². The molecule has 0 radical (unpaired) electrons. The summed E-state index contributed by atoms with van der Waals surface area (Å²) in [5.41, 5.74) is 1.47. The Morgan fingerprint density at radius 2 is 2.13 bits per heavy atom. The SMILES string of the molecule is COCCNc1ccc(C(=O)Nc2cccc(-n3nnnc3SC)c2)cc1[N+](=O)[O-]. The Hall–Kier alpha value is -3.51. The van der Waals surface area contributed by atoms with Gasteiger partial charge in [0.15, 0.2) is 0 Å². The molecule has 1 amide bonds. The van der Waals surface area contributed by atoms with Crippen LogP contribution in [0.5, 0.6) is 0 Å². The number of hydrogen-bond acceptors (Lipinski definition) is 9. The fourth-order valence-corrected chi connectivity index (χ4v) is 3.08. The van der Waals surface area contributed by atoms with Crippen molar-refractivity contribution in [1.82, 2.24) is 20.2 Å². The van der Waals surface area contributed by atoms with Gasteiger partial charge in [-0.3, -0.25) is 14.9 Å². The van der Waals surface area contributed by atoms with E-state index in [0.717, 1.165) is 0 Å². The second kappa shape index (κ2) is 9.80. The van der Waals surface area contributed by atoms with Crippen molar-refractivity contribution in [1.29, 1.82) is 0 Å². The summed E-state index contributed by atoms with van der Waals surface area (Å²) in [6.45, 7) is 0.806. The number of methoxy groups -OCH3 is 1. The normalized spacial score (nSPS) is 10.6. The van der Waals surface area contributed by atoms with Crippen molar-refractivity contribution in [3.63, 3.8) is 0 Å². The molecule has 12 heteroatoms. The highest BCUT2D eigenvalue weighted by Gasteiger charge is 2.18. The van der Waals surface area contributed by atoms with E-state index in [0.29, 0.717) is 35.4 Å². The number of nitrogens with zero attached hydrogens (tertiary/aromatic N) is 5. The van der Waals surface area contributed by atoms with Crippen LogP contribution < -0.4 is 10.6 Å². The Labute approximate surface area is 176 Å². The lowest BCUT2D eigenvalue weighted by molar-refractivity contribution is -0.384. The van der Waals surface area contributed by atoms with Gasteiger partial charge in [0.25, 0.3) is 11.6 Å². The summed E-state index contributed by atoms with van der Waals surface area (Å²) in [6.07, 6.45) is 1.86. The highest BCUT2D eigenvalue weighted by atomic mass is 32.2. The second-order valence-electron chi connectivity index (χ2n) is 5.99. The number of carbonyl (C=O) groups excluding carboxylic acids is 1. The third-order valence-electron chi connectivity index (χ3n) is 4.05. The average molecular weight is 429 g/mol. The second-order valence-corrected chi connectivity index (χ2v) is 6.76. The summed E-state index contributed by atoms with van der Waals surface area (Å²) >= 11 is 1.39. The summed E-state index contributed by atoms with van der Waals surface area (Å²) in [5.74, 6) is -0.472. The van der Waals surface area contributed by atoms with Crippen LogP contribution in [0.15, 0.2) is 47.6 Å². The lowest BCUT2D eigenvalue weighted by atomic mass is 10.1. The fourth-order valence-electron chi connectivity index (χ4n) is 2.65. The number of nitro groups is 1. The Kier molecular flexibility index (Phi) is 6.93. The number of thioether (sulfide) groups is 1. The minimum Gasteiger partial charge on any atom is -0.383 e. The highest BCUT2D eigenvalue weighted by Crippen LogP contribution is 2.26. The molecule has 0 atom stereocenters. The van der Waals surface area contributed by atoms with E-state index in [9.17, 15) is 14.9 Å². The van der Waals surface area contributed by atoms with E-state index >= 15 is 0 Å². The smallest absolute Gasteiger partial charge is 0.293 e. The van der Waals surface area contributed by atoms with Gasteiger partial charge in [0, 0.05) is 31.0 Å². The Balaban J connectivity index is 1.80. The first-order valence-electron chi connectivity index (χ1n) is 8.79. The average Bonchev–Trinajstić information content (AvgIpc) is 3.23. The minimum absolute atomic E-state index is 0.164. The number of nitrogens with one attached hydrogen (secondary N) is 2. The van der Waals surface area contributed by atoms with E-state index in [4.69, 9.17) is 4.74 Å². The zero-order valence-corrected chi connectivity index (χ0v) is 17.0. The molecule has 156 valence electrons. The third-order valence-corrected chi connectivity index (χ3v) is 4.67. The molecule has 3 aromatic rings. The van der Waals surface area contributed by atoms with Crippen LogP contribution in [-0.4, -0.2) is 57.6 Å². The van der Waals surface area contributed by atoms with Gasteiger partial charge in [-0.05, 0) is 47.0 Å². The van der Waals surface area contributed by atoms with E-state index in [1.807, 2.05) is 6.26 Å². The van der Waals surface area contributed by atoms with Crippen molar-refractivity contribution < 1.29 is 14.5 Å². The van der Waals surface area contributed by atoms with Gasteiger partial charge >= 0.3 is 0 Å². The molecule has 0 saturated heterocycles. The monoisotopic (exact) mass is 429 g/mol. The van der Waals surface area contributed by atoms with Gasteiger partial charge in [-0.15, -0.1) is 5.10 Å². The number of rotatable bonds is 9. The molecule has 30 heavy (non-hydrogen) atoms. The Morgan fingerprint density at radius 1 is 1.30 bits per heavy atom. The van der Waals surface area contributed by atoms with Crippen molar-refractivity contribution in [2.75, 3.05) is 37.2 Å². The summed E-state index contributed by atoms with van der Waals surface area (Å²) in [7, 11) is 1.54. The number of aromatic nitrogens is 4. The van der Waals surface area contributed by atoms with E-state index < -0.39 is 10.8 Å². The largest absolute Gasteiger partial charge is 0.383 e. The van der Waals surface area contributed by atoms with Gasteiger partial charge in [-0.2, -0.15) is 4.68 Å². The molecule has 0 fully saturated rings. The molecule has 3 rings (SSSR count). The molecule has 0 bridgehead atoms. The molecule has 0 saturated carbocycles. The first kappa shape index (κ1) is 21.2. The quantitative estimate of drug-likeness (QED) is 0.227. The maximum atomic E-state index is 12.7. The minimum atomic E-state index is -0.534. The maximum Gasteiger partial charge on any atom is 0.293 e. The molecule has 2 aromatic carbocycles. The summed E-state index contributed by atoms with van der Waals surface area (Å²) < 4.78 is 6.48. The number of tetrazole rings is 1. The van der Waals surface area contributed by atoms with E-state index in [-0.39, 0.29) is 11.3 Å². The van der Waals surface area contributed by atoms with Crippen molar-refractivity contribution in [2.45, 2.75) is 5.16 Å². The molecule has 1 heterocycles. The van der Waals surface area contributed by atoms with Crippen LogP contribution >= 0.6 is 11.8 Å². The van der Waals surface area contributed by atoms with E-state index in [1.165, 1.54) is 30.0 Å². The number of carbonyl (C=O) groups is 1. The number of amides is 1. The topological polar surface area (TPSA) is 137 Å². The molecular formula is C18H19N7O4S. The van der Waals surface area contributed by atoms with Gasteiger partial charge < -0.3 is 15.4 Å². The zero-order valence-electron chi connectivity index (χ0n) is 16.2. The molecule has 2 N–H and O–H groups in total. The lowest BCUT2D eigenvalue weighted by Crippen LogP contribution is -2.14. The Bertz CT molecular complexity index is 1060. The van der Waals surface area contributed by atoms with Crippen molar-refractivity contribution >= 4 is 34.7 Å². The lowest BCUT2D eigenvalue weighted by Gasteiger charge is -2.10. The van der Waals surface area contributed by atoms with Crippen LogP contribution in [0.4, 0.5) is 17.1 Å². The molecular weight excluding hydrogens is 410 g/mol. The van der Waals surface area contributed by atoms with Crippen molar-refractivity contribution in [2.24, 2.45) is 0 Å². The van der Waals surface area contributed by atoms with Crippen LogP contribution in [0.3, 0.4) is 0 Å². The predicted octanol–water partition coefficient (Wildman–Crippen LogP) is 2.60. The number of nitro benzene ring substituents is 1. The molecule has 0 aliphatic heterocycles. The van der Waals surface area contributed by atoms with Crippen LogP contribution in [-0.2, 0) is 4.74 Å². The molecule has 0 aliphatic carbocycles. The van der Waals surface area contributed by atoms with Crippen molar-refractivity contribution in [3.05, 3.63) is 58.1 Å². The van der Waals surface area contributed by atoms with Crippen LogP contribution in [0.1, 0.15) is 10.4 Å². The van der Waals surface area contributed by atoms with E-state index in [2.05, 4.69) is 26.2 Å². The highest BCUT2D eigenvalue weighted by molar-refractivity contribution is 7.98. The Morgan fingerprint density at radius 3 is 2.87 bits per heavy atom. The van der Waals surface area contributed by atoms with Gasteiger partial charge in [-0.25, -0.2) is 0 Å². The van der Waals surface area contributed by atoms with Crippen LogP contribution in [0, 0.1) is 10.1 Å². The standard InChI is InChI=1S/C18H19N7O4S/c1-29-9-8-19-15-7-6-12(10-16(15)25(27)28)17(26)20-13-4-3-5-14(11-13)24-18(30-2)21-22-23-24/h3-7,10-11,19H,8-9H2,1-2H3,(H,20,26). The van der Waals surface area contributed by atoms with Gasteiger partial charge in [-0.1, -0.05) is 17.8 Å². The number of benzene rings is 2. The summed E-state index contributed by atoms with van der Waals surface area (Å²) in [5, 5.41) is 29.2.